The van der Waals surface area contributed by atoms with Gasteiger partial charge in [0.15, 0.2) is 5.78 Å². The third-order valence-electron chi connectivity index (χ3n) is 4.79. The maximum atomic E-state index is 12.7. The van der Waals surface area contributed by atoms with Crippen LogP contribution in [0.15, 0.2) is 12.1 Å². The molecule has 0 N–H and O–H groups in total. The van der Waals surface area contributed by atoms with Crippen molar-refractivity contribution in [1.29, 1.82) is 0 Å². The molecule has 1 saturated carbocycles. The molecule has 21 heavy (non-hydrogen) atoms. The second-order valence-electron chi connectivity index (χ2n) is 5.90. The maximum absolute atomic E-state index is 12.7. The largest absolute Gasteiger partial charge is 0.294 e. The first kappa shape index (κ1) is 17.9. The number of carbonyl (C=O) groups is 1. The summed E-state index contributed by atoms with van der Waals surface area (Å²) in [7, 11) is 0. The lowest BCUT2D eigenvalue weighted by atomic mass is 9.71. The zero-order chi connectivity index (χ0) is 16.0. The normalized spacial score (nSPS) is 18.3. The Morgan fingerprint density at radius 2 is 1.38 bits per heavy atom. The lowest BCUT2D eigenvalue weighted by Crippen LogP contribution is -2.30. The summed E-state index contributed by atoms with van der Waals surface area (Å²) >= 11 is 0. The molecular formula is C20H32O. The summed E-state index contributed by atoms with van der Waals surface area (Å²) in [5.41, 5.74) is 4.88. The van der Waals surface area contributed by atoms with E-state index in [2.05, 4.69) is 26.0 Å². The average molecular weight is 288 g/mol. The van der Waals surface area contributed by atoms with Crippen LogP contribution in [0.5, 0.6) is 0 Å². The summed E-state index contributed by atoms with van der Waals surface area (Å²) in [5, 5.41) is 0. The van der Waals surface area contributed by atoms with Crippen molar-refractivity contribution in [3.8, 4) is 0 Å². The van der Waals surface area contributed by atoms with Gasteiger partial charge in [0.05, 0.1) is 0 Å². The molecule has 0 amide bonds. The number of fused-ring (bicyclic) bond motifs is 1. The van der Waals surface area contributed by atoms with Crippen LogP contribution in [0.25, 0.3) is 0 Å². The summed E-state index contributed by atoms with van der Waals surface area (Å²) < 4.78 is 0. The van der Waals surface area contributed by atoms with E-state index in [0.29, 0.717) is 5.78 Å². The molecule has 0 bridgehead atoms. The van der Waals surface area contributed by atoms with Gasteiger partial charge >= 0.3 is 0 Å². The predicted molar refractivity (Wildman–Crippen MR) is 92.2 cm³/mol. The molecule has 1 aromatic rings. The van der Waals surface area contributed by atoms with Crippen LogP contribution < -0.4 is 0 Å². The summed E-state index contributed by atoms with van der Waals surface area (Å²) in [4.78, 5) is 12.7. The van der Waals surface area contributed by atoms with Crippen molar-refractivity contribution in [3.63, 3.8) is 0 Å². The van der Waals surface area contributed by atoms with Gasteiger partial charge in [-0.15, -0.1) is 0 Å². The number of aryl methyl sites for hydroxylation is 2. The maximum Gasteiger partial charge on any atom is 0.169 e. The van der Waals surface area contributed by atoms with Gasteiger partial charge in [-0.3, -0.25) is 4.79 Å². The fourth-order valence-corrected chi connectivity index (χ4v) is 3.73. The SMILES string of the molecule is CC.CC.Cc1ccc(C)c2c1CC1(CCCCC1)C2=O. The third-order valence-corrected chi connectivity index (χ3v) is 4.79. The van der Waals surface area contributed by atoms with Crippen LogP contribution in [-0.4, -0.2) is 5.78 Å². The summed E-state index contributed by atoms with van der Waals surface area (Å²) in [6, 6.07) is 4.28. The highest BCUT2D eigenvalue weighted by Crippen LogP contribution is 2.48. The van der Waals surface area contributed by atoms with Crippen molar-refractivity contribution in [2.75, 3.05) is 0 Å². The molecule has 2 aliphatic carbocycles. The highest BCUT2D eigenvalue weighted by molar-refractivity contribution is 6.06. The lowest BCUT2D eigenvalue weighted by molar-refractivity contribution is 0.0747. The molecule has 0 radical (unpaired) electrons. The van der Waals surface area contributed by atoms with Crippen molar-refractivity contribution >= 4 is 5.78 Å². The molecule has 0 saturated heterocycles. The van der Waals surface area contributed by atoms with E-state index in [0.717, 1.165) is 24.8 Å². The quantitative estimate of drug-likeness (QED) is 0.568. The van der Waals surface area contributed by atoms with Gasteiger partial charge in [0.25, 0.3) is 0 Å². The molecule has 1 nitrogen and oxygen atoms in total. The third kappa shape index (κ3) is 3.22. The molecule has 0 atom stereocenters. The van der Waals surface area contributed by atoms with Crippen LogP contribution in [0.2, 0.25) is 0 Å². The van der Waals surface area contributed by atoms with Gasteiger partial charge < -0.3 is 0 Å². The number of ketones is 1. The lowest BCUT2D eigenvalue weighted by Gasteiger charge is -2.31. The van der Waals surface area contributed by atoms with Crippen molar-refractivity contribution in [2.45, 2.75) is 80.1 Å². The summed E-state index contributed by atoms with van der Waals surface area (Å²) in [5.74, 6) is 0.452. The minimum absolute atomic E-state index is 0.0164. The van der Waals surface area contributed by atoms with Crippen molar-refractivity contribution in [3.05, 3.63) is 34.4 Å². The molecule has 3 rings (SSSR count). The van der Waals surface area contributed by atoms with E-state index in [1.54, 1.807) is 0 Å². The van der Waals surface area contributed by atoms with Crippen LogP contribution in [0.1, 0.15) is 86.8 Å². The van der Waals surface area contributed by atoms with Crippen molar-refractivity contribution in [2.24, 2.45) is 5.41 Å². The first-order valence-corrected chi connectivity index (χ1v) is 8.78. The topological polar surface area (TPSA) is 17.1 Å². The number of carbonyl (C=O) groups excluding carboxylic acids is 1. The summed E-state index contributed by atoms with van der Waals surface area (Å²) in [6.45, 7) is 12.2. The Hall–Kier alpha value is -1.11. The molecule has 118 valence electrons. The summed E-state index contributed by atoms with van der Waals surface area (Å²) in [6.07, 6.45) is 7.01. The van der Waals surface area contributed by atoms with E-state index >= 15 is 0 Å². The van der Waals surface area contributed by atoms with Crippen LogP contribution in [0.3, 0.4) is 0 Å². The first-order valence-electron chi connectivity index (χ1n) is 8.78. The Bertz CT molecular complexity index is 479. The Labute approximate surface area is 131 Å². The molecule has 1 aromatic carbocycles. The van der Waals surface area contributed by atoms with Gasteiger partial charge in [-0.2, -0.15) is 0 Å². The second kappa shape index (κ2) is 7.77. The Morgan fingerprint density at radius 3 is 1.90 bits per heavy atom. The molecule has 0 aliphatic heterocycles. The molecule has 1 fully saturated rings. The van der Waals surface area contributed by atoms with Crippen molar-refractivity contribution < 1.29 is 4.79 Å². The minimum Gasteiger partial charge on any atom is -0.294 e. The fraction of sp³-hybridized carbons (Fsp3) is 0.650. The van der Waals surface area contributed by atoms with Gasteiger partial charge in [0.2, 0.25) is 0 Å². The van der Waals surface area contributed by atoms with Gasteiger partial charge in [0, 0.05) is 11.0 Å². The number of hydrogen-bond donors (Lipinski definition) is 0. The van der Waals surface area contributed by atoms with Gasteiger partial charge in [-0.25, -0.2) is 0 Å². The van der Waals surface area contributed by atoms with Gasteiger partial charge in [-0.05, 0) is 49.8 Å². The number of rotatable bonds is 0. The molecule has 0 aromatic heterocycles. The Kier molecular flexibility index (Phi) is 6.64. The van der Waals surface area contributed by atoms with E-state index < -0.39 is 0 Å². The van der Waals surface area contributed by atoms with Crippen LogP contribution in [0, 0.1) is 19.3 Å². The van der Waals surface area contributed by atoms with Crippen LogP contribution >= 0.6 is 0 Å². The second-order valence-corrected chi connectivity index (χ2v) is 5.90. The van der Waals surface area contributed by atoms with E-state index in [-0.39, 0.29) is 5.41 Å². The molecule has 0 heterocycles. The number of benzene rings is 1. The molecule has 1 heteroatoms. The average Bonchev–Trinajstić information content (AvgIpc) is 2.82. The van der Waals surface area contributed by atoms with Gasteiger partial charge in [0.1, 0.15) is 0 Å². The van der Waals surface area contributed by atoms with E-state index in [1.807, 2.05) is 27.7 Å². The smallest absolute Gasteiger partial charge is 0.169 e. The molecule has 2 aliphatic rings. The Balaban J connectivity index is 0.000000510. The van der Waals surface area contributed by atoms with Crippen molar-refractivity contribution in [1.82, 2.24) is 0 Å². The zero-order valence-corrected chi connectivity index (χ0v) is 14.8. The Morgan fingerprint density at radius 1 is 0.857 bits per heavy atom. The van der Waals surface area contributed by atoms with Crippen LogP contribution in [0.4, 0.5) is 0 Å². The monoisotopic (exact) mass is 288 g/mol. The number of Topliss-reactive ketones (excluding diaryl/α,β-unsaturated/α-hetero) is 1. The molecular weight excluding hydrogens is 256 g/mol. The highest BCUT2D eigenvalue weighted by Gasteiger charge is 2.46. The van der Waals surface area contributed by atoms with Gasteiger partial charge in [-0.1, -0.05) is 59.1 Å². The number of hydrogen-bond acceptors (Lipinski definition) is 1. The first-order chi connectivity index (χ1) is 10.1. The van der Waals surface area contributed by atoms with E-state index in [9.17, 15) is 4.79 Å². The zero-order valence-electron chi connectivity index (χ0n) is 14.8. The fourth-order valence-electron chi connectivity index (χ4n) is 3.73. The molecule has 1 spiro atoms. The van der Waals surface area contributed by atoms with E-state index in [1.165, 1.54) is 36.0 Å². The standard InChI is InChI=1S/C16H20O.2C2H6/c1-11-6-7-12(2)14-13(11)10-16(15(14)17)8-4-3-5-9-16;2*1-2/h6-7H,3-5,8-10H2,1-2H3;2*1-2H3. The van der Waals surface area contributed by atoms with E-state index in [4.69, 9.17) is 0 Å². The highest BCUT2D eigenvalue weighted by atomic mass is 16.1. The predicted octanol–water partition coefficient (Wildman–Crippen LogP) is 6.05. The minimum atomic E-state index is -0.0164. The van der Waals surface area contributed by atoms with Crippen LogP contribution in [-0.2, 0) is 6.42 Å². The molecule has 0 unspecified atom stereocenters.